The summed E-state index contributed by atoms with van der Waals surface area (Å²) in [5.41, 5.74) is 2.27. The van der Waals surface area contributed by atoms with Gasteiger partial charge in [0.25, 0.3) is 0 Å². The molecular weight excluding hydrogens is 382 g/mol. The summed E-state index contributed by atoms with van der Waals surface area (Å²) in [4.78, 5) is 29.0. The maximum atomic E-state index is 12.9. The summed E-state index contributed by atoms with van der Waals surface area (Å²) in [6, 6.07) is 9.79. The fraction of sp³-hybridized carbons (Fsp3) is 0.522. The summed E-state index contributed by atoms with van der Waals surface area (Å²) in [5, 5.41) is 14.2. The lowest BCUT2D eigenvalue weighted by molar-refractivity contribution is -0.134. The van der Waals surface area contributed by atoms with Crippen LogP contribution in [-0.2, 0) is 16.0 Å². The largest absolute Gasteiger partial charge is 0.396 e. The highest BCUT2D eigenvalue weighted by Crippen LogP contribution is 2.42. The lowest BCUT2D eigenvalue weighted by Crippen LogP contribution is -2.41. The Morgan fingerprint density at radius 2 is 1.90 bits per heavy atom. The predicted molar refractivity (Wildman–Crippen MR) is 111 cm³/mol. The first-order chi connectivity index (χ1) is 14.4. The van der Waals surface area contributed by atoms with Crippen molar-refractivity contribution in [1.29, 1.82) is 0 Å². The zero-order chi connectivity index (χ0) is 21.3. The monoisotopic (exact) mass is 411 g/mol. The molecule has 1 aromatic carbocycles. The van der Waals surface area contributed by atoms with E-state index in [9.17, 15) is 14.7 Å². The van der Waals surface area contributed by atoms with Crippen LogP contribution < -0.4 is 0 Å². The van der Waals surface area contributed by atoms with Crippen LogP contribution in [0.3, 0.4) is 0 Å². The number of fused-ring (bicyclic) bond motifs is 1. The van der Waals surface area contributed by atoms with Gasteiger partial charge in [0, 0.05) is 61.0 Å². The van der Waals surface area contributed by atoms with E-state index < -0.39 is 5.41 Å². The number of hydrogen-bond donors (Lipinski definition) is 1. The third kappa shape index (κ3) is 3.74. The summed E-state index contributed by atoms with van der Waals surface area (Å²) < 4.78 is 5.16. The van der Waals surface area contributed by atoms with Gasteiger partial charge in [0.15, 0.2) is 0 Å². The fourth-order valence-corrected chi connectivity index (χ4v) is 4.80. The van der Waals surface area contributed by atoms with Crippen molar-refractivity contribution < 1.29 is 19.2 Å². The van der Waals surface area contributed by atoms with Crippen LogP contribution in [0, 0.1) is 17.3 Å². The van der Waals surface area contributed by atoms with Crippen molar-refractivity contribution in [3.63, 3.8) is 0 Å². The maximum Gasteiger partial charge on any atom is 0.225 e. The standard InChI is InChI=1S/C23H29N3O4/c1-16(2)22(29)26-11-19-10-25(13-23(19,14-26)15-27)20(28)9-8-18-12-30-24-21(18)17-6-4-3-5-7-17/h3-7,12,16,19,27H,8-11,13-15H2,1-2H3/t19-,23+/m0/s1. The number of amides is 2. The van der Waals surface area contributed by atoms with E-state index in [1.54, 1.807) is 6.26 Å². The zero-order valence-corrected chi connectivity index (χ0v) is 17.6. The van der Waals surface area contributed by atoms with E-state index in [0.29, 0.717) is 39.0 Å². The van der Waals surface area contributed by atoms with E-state index in [4.69, 9.17) is 4.52 Å². The molecule has 2 saturated heterocycles. The van der Waals surface area contributed by atoms with Gasteiger partial charge in [-0.3, -0.25) is 9.59 Å². The maximum absolute atomic E-state index is 12.9. The van der Waals surface area contributed by atoms with Gasteiger partial charge in [0.1, 0.15) is 12.0 Å². The molecular formula is C23H29N3O4. The van der Waals surface area contributed by atoms with Crippen molar-refractivity contribution in [2.24, 2.45) is 17.3 Å². The Balaban J connectivity index is 1.38. The first-order valence-corrected chi connectivity index (χ1v) is 10.6. The molecule has 0 spiro atoms. The highest BCUT2D eigenvalue weighted by molar-refractivity contribution is 5.79. The number of carbonyl (C=O) groups is 2. The predicted octanol–water partition coefficient (Wildman–Crippen LogP) is 2.21. The molecule has 0 saturated carbocycles. The van der Waals surface area contributed by atoms with Crippen molar-refractivity contribution in [2.75, 3.05) is 32.8 Å². The van der Waals surface area contributed by atoms with Crippen molar-refractivity contribution >= 4 is 11.8 Å². The van der Waals surface area contributed by atoms with E-state index >= 15 is 0 Å². The van der Waals surface area contributed by atoms with Gasteiger partial charge >= 0.3 is 0 Å². The molecule has 2 atom stereocenters. The highest BCUT2D eigenvalue weighted by atomic mass is 16.5. The fourth-order valence-electron chi connectivity index (χ4n) is 4.80. The minimum Gasteiger partial charge on any atom is -0.396 e. The second kappa shape index (κ2) is 8.22. The zero-order valence-electron chi connectivity index (χ0n) is 17.6. The van der Waals surface area contributed by atoms with E-state index in [0.717, 1.165) is 16.8 Å². The minimum absolute atomic E-state index is 0.00682. The molecule has 160 valence electrons. The number of aryl methyl sites for hydroxylation is 1. The van der Waals surface area contributed by atoms with Crippen LogP contribution in [0.2, 0.25) is 0 Å². The minimum atomic E-state index is -0.396. The molecule has 2 amide bonds. The molecule has 30 heavy (non-hydrogen) atoms. The molecule has 1 N–H and O–H groups in total. The molecule has 0 aliphatic carbocycles. The molecule has 0 radical (unpaired) electrons. The van der Waals surface area contributed by atoms with Crippen LogP contribution in [0.25, 0.3) is 11.3 Å². The Hall–Kier alpha value is -2.67. The number of aliphatic hydroxyl groups excluding tert-OH is 1. The Morgan fingerprint density at radius 3 is 2.57 bits per heavy atom. The number of nitrogens with zero attached hydrogens (tertiary/aromatic N) is 3. The normalized spacial score (nSPS) is 23.3. The van der Waals surface area contributed by atoms with Crippen LogP contribution in [0.4, 0.5) is 0 Å². The Labute approximate surface area is 176 Å². The van der Waals surface area contributed by atoms with Gasteiger partial charge in [-0.25, -0.2) is 0 Å². The Morgan fingerprint density at radius 1 is 1.20 bits per heavy atom. The summed E-state index contributed by atoms with van der Waals surface area (Å²) in [5.74, 6) is 0.263. The first kappa shape index (κ1) is 20.6. The van der Waals surface area contributed by atoms with Gasteiger partial charge in [0.05, 0.1) is 6.61 Å². The molecule has 4 rings (SSSR count). The number of aromatic nitrogens is 1. The van der Waals surface area contributed by atoms with Crippen LogP contribution in [0.1, 0.15) is 25.8 Å². The number of benzene rings is 1. The molecule has 0 bridgehead atoms. The smallest absolute Gasteiger partial charge is 0.225 e. The SMILES string of the molecule is CC(C)C(=O)N1C[C@@H]2CN(C(=O)CCc3conc3-c3ccccc3)C[C@]2(CO)C1. The Bertz CT molecular complexity index is 910. The van der Waals surface area contributed by atoms with Crippen LogP contribution in [0.15, 0.2) is 41.1 Å². The van der Waals surface area contributed by atoms with E-state index in [2.05, 4.69) is 5.16 Å². The van der Waals surface area contributed by atoms with Crippen LogP contribution >= 0.6 is 0 Å². The van der Waals surface area contributed by atoms with Gasteiger partial charge < -0.3 is 19.4 Å². The van der Waals surface area contributed by atoms with Crippen LogP contribution in [0.5, 0.6) is 0 Å². The average molecular weight is 412 g/mol. The quantitative estimate of drug-likeness (QED) is 0.788. The summed E-state index contributed by atoms with van der Waals surface area (Å²) in [6.07, 6.45) is 2.53. The summed E-state index contributed by atoms with van der Waals surface area (Å²) in [6.45, 7) is 6.02. The molecule has 2 fully saturated rings. The molecule has 2 aliphatic heterocycles. The van der Waals surface area contributed by atoms with Gasteiger partial charge in [-0.05, 0) is 6.42 Å². The number of likely N-dealkylation sites (tertiary alicyclic amines) is 2. The van der Waals surface area contributed by atoms with E-state index in [1.807, 2.05) is 54.0 Å². The lowest BCUT2D eigenvalue weighted by Gasteiger charge is -2.28. The van der Waals surface area contributed by atoms with Gasteiger partial charge in [-0.15, -0.1) is 0 Å². The second-order valence-corrected chi connectivity index (χ2v) is 8.92. The highest BCUT2D eigenvalue weighted by Gasteiger charge is 2.54. The topological polar surface area (TPSA) is 86.9 Å². The molecule has 7 nitrogen and oxygen atoms in total. The van der Waals surface area contributed by atoms with Crippen LogP contribution in [-0.4, -0.2) is 64.7 Å². The average Bonchev–Trinajstić information content (AvgIpc) is 3.44. The molecule has 2 aromatic rings. The molecule has 3 heterocycles. The van der Waals surface area contributed by atoms with E-state index in [1.165, 1.54) is 0 Å². The Kier molecular flexibility index (Phi) is 5.64. The van der Waals surface area contributed by atoms with Gasteiger partial charge in [-0.2, -0.15) is 0 Å². The number of aliphatic hydroxyl groups is 1. The molecule has 0 unspecified atom stereocenters. The third-order valence-corrected chi connectivity index (χ3v) is 6.53. The van der Waals surface area contributed by atoms with Crippen molar-refractivity contribution in [2.45, 2.75) is 26.7 Å². The number of carbonyl (C=O) groups excluding carboxylic acids is 2. The third-order valence-electron chi connectivity index (χ3n) is 6.53. The molecule has 2 aliphatic rings. The molecule has 7 heteroatoms. The number of rotatable bonds is 6. The first-order valence-electron chi connectivity index (χ1n) is 10.6. The molecule has 1 aromatic heterocycles. The second-order valence-electron chi connectivity index (χ2n) is 8.92. The van der Waals surface area contributed by atoms with E-state index in [-0.39, 0.29) is 30.3 Å². The summed E-state index contributed by atoms with van der Waals surface area (Å²) >= 11 is 0. The van der Waals surface area contributed by atoms with Gasteiger partial charge in [0.2, 0.25) is 11.8 Å². The van der Waals surface area contributed by atoms with Crippen molar-refractivity contribution in [3.05, 3.63) is 42.2 Å². The van der Waals surface area contributed by atoms with Crippen molar-refractivity contribution in [3.8, 4) is 11.3 Å². The van der Waals surface area contributed by atoms with Gasteiger partial charge in [-0.1, -0.05) is 49.3 Å². The summed E-state index contributed by atoms with van der Waals surface area (Å²) in [7, 11) is 0. The lowest BCUT2D eigenvalue weighted by atomic mass is 9.82. The van der Waals surface area contributed by atoms with Crippen molar-refractivity contribution in [1.82, 2.24) is 15.0 Å². The number of hydrogen-bond acceptors (Lipinski definition) is 5.